The Kier molecular flexibility index (Phi) is 107. The number of halogens is 3. The summed E-state index contributed by atoms with van der Waals surface area (Å²) in [6.07, 6.45) is -0.333. The van der Waals surface area contributed by atoms with Gasteiger partial charge in [0.15, 0.2) is 0 Å². The van der Waals surface area contributed by atoms with Gasteiger partial charge in [-0.15, -0.1) is 37.2 Å². The van der Waals surface area contributed by atoms with Crippen LogP contribution in [0.25, 0.3) is 0 Å². The first-order chi connectivity index (χ1) is 4.46. The van der Waals surface area contributed by atoms with Gasteiger partial charge in [0.05, 0.1) is 0 Å². The first-order valence-electron chi connectivity index (χ1n) is 3.01. The second kappa shape index (κ2) is 37.9. The Morgan fingerprint density at radius 3 is 0.769 bits per heavy atom. The van der Waals surface area contributed by atoms with Gasteiger partial charge in [0.25, 0.3) is 0 Å². The van der Waals surface area contributed by atoms with E-state index in [-0.39, 0.29) is 49.4 Å². The van der Waals surface area contributed by atoms with Crippen LogP contribution >= 0.6 is 37.2 Å². The van der Waals surface area contributed by atoms with E-state index in [0.717, 1.165) is 17.4 Å². The molecular formula is C6H19Cl3O3V. The molecule has 0 spiro atoms. The van der Waals surface area contributed by atoms with Gasteiger partial charge in [-0.25, -0.2) is 0 Å². The average Bonchev–Trinajstić information content (AvgIpc) is 1.66. The molecule has 0 rings (SSSR count). The second-order valence-electron chi connectivity index (χ2n) is 2.19. The summed E-state index contributed by atoms with van der Waals surface area (Å²) in [5.74, 6) is 0. The van der Waals surface area contributed by atoms with Crippen LogP contribution in [0, 0.1) is 0 Å². The quantitative estimate of drug-likeness (QED) is 0.718. The third-order valence-electron chi connectivity index (χ3n) is 0. The van der Waals surface area contributed by atoms with Crippen LogP contribution in [-0.4, -0.2) is 22.4 Å². The summed E-state index contributed by atoms with van der Waals surface area (Å²) in [6.45, 7) is 6.89. The molecule has 0 heterocycles. The molecule has 7 heteroatoms. The SMILES string of the molecule is CC(C)O.CC(C)O.Cl.Cl.Cl.[O]=[V]. The Balaban J connectivity index is -0.0000000133. The van der Waals surface area contributed by atoms with Crippen molar-refractivity contribution in [2.75, 3.05) is 0 Å². The van der Waals surface area contributed by atoms with Crippen molar-refractivity contribution >= 4 is 37.2 Å². The van der Waals surface area contributed by atoms with Crippen molar-refractivity contribution in [3.63, 3.8) is 0 Å². The van der Waals surface area contributed by atoms with Crippen molar-refractivity contribution in [2.24, 2.45) is 0 Å². The predicted molar refractivity (Wildman–Crippen MR) is 57.1 cm³/mol. The van der Waals surface area contributed by atoms with Gasteiger partial charge < -0.3 is 10.2 Å². The zero-order chi connectivity index (χ0) is 9.15. The number of rotatable bonds is 0. The van der Waals surface area contributed by atoms with E-state index in [9.17, 15) is 0 Å². The van der Waals surface area contributed by atoms with Crippen LogP contribution in [0.2, 0.25) is 0 Å². The molecule has 0 saturated heterocycles. The molecule has 0 aliphatic heterocycles. The second-order valence-corrected chi connectivity index (χ2v) is 2.19. The number of aliphatic hydroxyl groups is 2. The van der Waals surface area contributed by atoms with E-state index >= 15 is 0 Å². The van der Waals surface area contributed by atoms with Gasteiger partial charge >= 0.3 is 21.0 Å². The van der Waals surface area contributed by atoms with Crippen molar-refractivity contribution < 1.29 is 31.3 Å². The standard InChI is InChI=1S/2C3H8O.3ClH.O.V/c2*1-3(2)4;;;;;/h2*3-4H,1-2H3;3*1H;;. The molecule has 0 aromatic heterocycles. The van der Waals surface area contributed by atoms with Crippen LogP contribution in [0.15, 0.2) is 0 Å². The van der Waals surface area contributed by atoms with E-state index in [1.807, 2.05) is 0 Å². The molecule has 0 aromatic carbocycles. The maximum absolute atomic E-state index is 8.19. The Morgan fingerprint density at radius 2 is 0.769 bits per heavy atom. The molecule has 0 aliphatic rings. The zero-order valence-electron chi connectivity index (χ0n) is 8.13. The van der Waals surface area contributed by atoms with Gasteiger partial charge in [-0.05, 0) is 27.7 Å². The van der Waals surface area contributed by atoms with Gasteiger partial charge in [0.2, 0.25) is 0 Å². The molecule has 0 radical (unpaired) electrons. The molecule has 0 aliphatic carbocycles. The Hall–Kier alpha value is 1.17. The van der Waals surface area contributed by atoms with Gasteiger partial charge in [-0.1, -0.05) is 0 Å². The van der Waals surface area contributed by atoms with Gasteiger partial charge in [-0.3, -0.25) is 0 Å². The average molecular weight is 297 g/mol. The van der Waals surface area contributed by atoms with Crippen LogP contribution in [0.4, 0.5) is 0 Å². The summed E-state index contributed by atoms with van der Waals surface area (Å²) in [4.78, 5) is 0. The fourth-order valence-electron chi connectivity index (χ4n) is 0. The van der Waals surface area contributed by atoms with Crippen LogP contribution < -0.4 is 0 Å². The first-order valence-corrected chi connectivity index (χ1v) is 3.58. The Bertz CT molecular complexity index is 46.9. The minimum absolute atomic E-state index is 0. The molecule has 0 bridgehead atoms. The summed E-state index contributed by atoms with van der Waals surface area (Å²) in [5.41, 5.74) is 0. The molecule has 13 heavy (non-hydrogen) atoms. The van der Waals surface area contributed by atoms with Crippen molar-refractivity contribution in [1.29, 1.82) is 0 Å². The fraction of sp³-hybridized carbons (Fsp3) is 1.00. The van der Waals surface area contributed by atoms with Crippen LogP contribution in [-0.2, 0) is 21.0 Å². The molecule has 0 fully saturated rings. The van der Waals surface area contributed by atoms with Crippen LogP contribution in [0.1, 0.15) is 27.7 Å². The molecule has 0 atom stereocenters. The van der Waals surface area contributed by atoms with Gasteiger partial charge in [-0.2, -0.15) is 0 Å². The molecule has 87 valence electrons. The molecule has 2 N–H and O–H groups in total. The molecule has 0 amide bonds. The number of hydrogen-bond donors (Lipinski definition) is 2. The van der Waals surface area contributed by atoms with Crippen molar-refractivity contribution in [1.82, 2.24) is 0 Å². The zero-order valence-corrected chi connectivity index (χ0v) is 12.0. The van der Waals surface area contributed by atoms with Gasteiger partial charge in [0.1, 0.15) is 0 Å². The minimum atomic E-state index is -0.167. The Morgan fingerprint density at radius 1 is 0.769 bits per heavy atom. The normalized spacial score (nSPS) is 5.77. The van der Waals surface area contributed by atoms with Crippen molar-refractivity contribution in [3.8, 4) is 0 Å². The Labute approximate surface area is 108 Å². The molecule has 0 unspecified atom stereocenters. The molecule has 0 saturated carbocycles. The topological polar surface area (TPSA) is 57.5 Å². The van der Waals surface area contributed by atoms with E-state index in [1.54, 1.807) is 27.7 Å². The maximum atomic E-state index is 8.19. The van der Waals surface area contributed by atoms with Crippen molar-refractivity contribution in [3.05, 3.63) is 0 Å². The molecule has 3 nitrogen and oxygen atoms in total. The predicted octanol–water partition coefficient (Wildman–Crippen LogP) is 1.92. The van der Waals surface area contributed by atoms with E-state index < -0.39 is 0 Å². The number of aliphatic hydroxyl groups excluding tert-OH is 2. The van der Waals surface area contributed by atoms with E-state index in [4.69, 9.17) is 13.9 Å². The summed E-state index contributed by atoms with van der Waals surface area (Å²) < 4.78 is 8.19. The monoisotopic (exact) mass is 295 g/mol. The third-order valence-corrected chi connectivity index (χ3v) is 0. The van der Waals surface area contributed by atoms with Crippen LogP contribution in [0.3, 0.4) is 0 Å². The third kappa shape index (κ3) is 1190. The summed E-state index contributed by atoms with van der Waals surface area (Å²) in [6, 6.07) is 0. The summed E-state index contributed by atoms with van der Waals surface area (Å²) in [5, 5.41) is 16.1. The number of hydrogen-bond acceptors (Lipinski definition) is 3. The fourth-order valence-corrected chi connectivity index (χ4v) is 0. The summed E-state index contributed by atoms with van der Waals surface area (Å²) >= 11 is 1.06. The van der Waals surface area contributed by atoms with Crippen LogP contribution in [0.5, 0.6) is 0 Å². The molecular weight excluding hydrogens is 277 g/mol. The van der Waals surface area contributed by atoms with Crippen molar-refractivity contribution in [2.45, 2.75) is 39.9 Å². The van der Waals surface area contributed by atoms with Gasteiger partial charge in [0, 0.05) is 12.2 Å². The van der Waals surface area contributed by atoms with E-state index in [0.29, 0.717) is 0 Å². The first kappa shape index (κ1) is 36.8. The van der Waals surface area contributed by atoms with E-state index in [2.05, 4.69) is 0 Å². The van der Waals surface area contributed by atoms with E-state index in [1.165, 1.54) is 0 Å². The molecule has 0 aromatic rings. The summed E-state index contributed by atoms with van der Waals surface area (Å²) in [7, 11) is 0.